The Kier molecular flexibility index (Phi) is 11.2. The first kappa shape index (κ1) is 30.8. The molecule has 0 fully saturated rings. The summed E-state index contributed by atoms with van der Waals surface area (Å²) >= 11 is 0. The summed E-state index contributed by atoms with van der Waals surface area (Å²) in [6, 6.07) is 26.9. The Hall–Kier alpha value is -3.78. The molecule has 0 radical (unpaired) electrons. The van der Waals surface area contributed by atoms with Gasteiger partial charge >= 0.3 is 29.6 Å². The molecular weight excluding hydrogens is 517 g/mol. The van der Waals surface area contributed by atoms with Crippen LogP contribution in [-0.4, -0.2) is 36.2 Å². The normalized spacial score (nSPS) is 11.2. The Morgan fingerprint density at radius 1 is 0.850 bits per heavy atom. The number of carboxylic acid groups (broad SMARTS) is 1. The van der Waals surface area contributed by atoms with Gasteiger partial charge in [-0.15, -0.1) is 0 Å². The van der Waals surface area contributed by atoms with Crippen LogP contribution in [0.4, 0.5) is 0 Å². The molecule has 0 aliphatic heterocycles. The van der Waals surface area contributed by atoms with Gasteiger partial charge in [0.25, 0.3) is 5.91 Å². The number of phenols is 1. The number of carbonyl (C=O) groups excluding carboxylic acids is 2. The third kappa shape index (κ3) is 8.36. The Bertz CT molecular complexity index is 1400. The van der Waals surface area contributed by atoms with E-state index in [4.69, 9.17) is 9.47 Å². The summed E-state index contributed by atoms with van der Waals surface area (Å²) in [4.78, 5) is 24.0. The SMILES string of the molecule is Cc1cc(-c2ccc(C(=O)NCCOc3ccc(CC(Oc4ccccc4)C(=O)[O-])cc3)cc2)cc(C)c1O.[Na+]. The van der Waals surface area contributed by atoms with Gasteiger partial charge in [-0.2, -0.15) is 0 Å². The van der Waals surface area contributed by atoms with E-state index in [-0.39, 0.29) is 48.5 Å². The van der Waals surface area contributed by atoms with Gasteiger partial charge < -0.3 is 29.8 Å². The number of carboxylic acids is 1. The molecule has 4 aromatic carbocycles. The van der Waals surface area contributed by atoms with Crippen LogP contribution in [0.1, 0.15) is 27.0 Å². The number of para-hydroxylation sites is 1. The largest absolute Gasteiger partial charge is 1.00 e. The molecule has 0 saturated carbocycles. The van der Waals surface area contributed by atoms with Crippen LogP contribution in [0.15, 0.2) is 91.0 Å². The Balaban J connectivity index is 0.00000441. The number of hydrogen-bond acceptors (Lipinski definition) is 6. The van der Waals surface area contributed by atoms with E-state index in [1.54, 1.807) is 60.7 Å². The molecule has 0 aliphatic rings. The van der Waals surface area contributed by atoms with E-state index in [1.165, 1.54) is 0 Å². The van der Waals surface area contributed by atoms with Crippen molar-refractivity contribution in [2.45, 2.75) is 26.4 Å². The molecule has 0 saturated heterocycles. The van der Waals surface area contributed by atoms with Crippen LogP contribution in [-0.2, 0) is 11.2 Å². The number of benzene rings is 4. The van der Waals surface area contributed by atoms with E-state index in [0.29, 0.717) is 29.4 Å². The van der Waals surface area contributed by atoms with Gasteiger partial charge in [-0.1, -0.05) is 42.5 Å². The van der Waals surface area contributed by atoms with Crippen molar-refractivity contribution in [3.8, 4) is 28.4 Å². The molecule has 0 heterocycles. The zero-order valence-corrected chi connectivity index (χ0v) is 24.8. The zero-order valence-electron chi connectivity index (χ0n) is 22.8. The number of amides is 1. The maximum Gasteiger partial charge on any atom is 1.00 e. The van der Waals surface area contributed by atoms with Crippen molar-refractivity contribution in [2.24, 2.45) is 0 Å². The van der Waals surface area contributed by atoms with Crippen molar-refractivity contribution in [1.29, 1.82) is 0 Å². The van der Waals surface area contributed by atoms with Crippen LogP contribution in [0.2, 0.25) is 0 Å². The van der Waals surface area contributed by atoms with Gasteiger partial charge in [0.1, 0.15) is 30.0 Å². The third-order valence-corrected chi connectivity index (χ3v) is 6.26. The summed E-state index contributed by atoms with van der Waals surface area (Å²) in [6.45, 7) is 4.31. The summed E-state index contributed by atoms with van der Waals surface area (Å²) in [5.74, 6) is -0.121. The van der Waals surface area contributed by atoms with Gasteiger partial charge in [-0.05, 0) is 90.2 Å². The van der Waals surface area contributed by atoms with Crippen LogP contribution in [0.25, 0.3) is 11.1 Å². The zero-order chi connectivity index (χ0) is 27.8. The number of nitrogens with one attached hydrogen (secondary N) is 1. The van der Waals surface area contributed by atoms with E-state index >= 15 is 0 Å². The predicted molar refractivity (Wildman–Crippen MR) is 147 cm³/mol. The van der Waals surface area contributed by atoms with Crippen molar-refractivity contribution in [2.75, 3.05) is 13.2 Å². The van der Waals surface area contributed by atoms with Gasteiger partial charge in [0.15, 0.2) is 0 Å². The number of carbonyl (C=O) groups is 2. The maximum absolute atomic E-state index is 12.5. The molecule has 40 heavy (non-hydrogen) atoms. The second-order valence-electron chi connectivity index (χ2n) is 9.23. The average Bonchev–Trinajstić information content (AvgIpc) is 2.94. The summed E-state index contributed by atoms with van der Waals surface area (Å²) in [7, 11) is 0. The Morgan fingerprint density at radius 2 is 1.48 bits per heavy atom. The summed E-state index contributed by atoms with van der Waals surface area (Å²) < 4.78 is 11.3. The van der Waals surface area contributed by atoms with E-state index in [0.717, 1.165) is 27.8 Å². The minimum absolute atomic E-state index is 0. The first-order chi connectivity index (χ1) is 18.8. The molecule has 1 unspecified atom stereocenters. The fourth-order valence-electron chi connectivity index (χ4n) is 4.14. The molecule has 1 amide bonds. The van der Waals surface area contributed by atoms with E-state index in [2.05, 4.69) is 5.32 Å². The first-order valence-electron chi connectivity index (χ1n) is 12.6. The van der Waals surface area contributed by atoms with E-state index in [1.807, 2.05) is 44.2 Å². The second kappa shape index (κ2) is 14.6. The van der Waals surface area contributed by atoms with Crippen LogP contribution >= 0.6 is 0 Å². The van der Waals surface area contributed by atoms with Crippen molar-refractivity contribution < 1.29 is 58.8 Å². The van der Waals surface area contributed by atoms with Crippen molar-refractivity contribution in [3.05, 3.63) is 113 Å². The van der Waals surface area contributed by atoms with Gasteiger partial charge in [0.2, 0.25) is 0 Å². The minimum atomic E-state index is -1.28. The molecule has 0 bridgehead atoms. The third-order valence-electron chi connectivity index (χ3n) is 6.26. The summed E-state index contributed by atoms with van der Waals surface area (Å²) in [6.07, 6.45) is -0.962. The number of aromatic hydroxyl groups is 1. The number of rotatable bonds is 11. The van der Waals surface area contributed by atoms with Crippen LogP contribution in [0, 0.1) is 13.8 Å². The van der Waals surface area contributed by atoms with Crippen molar-refractivity contribution in [1.82, 2.24) is 5.32 Å². The number of aryl methyl sites for hydroxylation is 2. The monoisotopic (exact) mass is 547 g/mol. The second-order valence-corrected chi connectivity index (χ2v) is 9.23. The first-order valence-corrected chi connectivity index (χ1v) is 12.6. The molecule has 0 aliphatic carbocycles. The minimum Gasteiger partial charge on any atom is -0.546 e. The standard InChI is InChI=1S/C32H31NO6.Na/c1-21-18-26(19-22(2)30(21)34)24-10-12-25(13-11-24)31(35)33-16-17-38-27-14-8-23(9-15-27)20-29(32(36)37)39-28-6-4-3-5-7-28;/h3-15,18-19,29,34H,16-17,20H2,1-2H3,(H,33,35)(H,36,37);/q;+1/p-1. The van der Waals surface area contributed by atoms with Crippen molar-refractivity contribution in [3.63, 3.8) is 0 Å². The van der Waals surface area contributed by atoms with Gasteiger partial charge in [-0.3, -0.25) is 4.79 Å². The number of phenolic OH excluding ortho intramolecular Hbond substituents is 1. The van der Waals surface area contributed by atoms with Gasteiger partial charge in [-0.25, -0.2) is 0 Å². The van der Waals surface area contributed by atoms with E-state index < -0.39 is 12.1 Å². The number of aliphatic carboxylic acids is 1. The summed E-state index contributed by atoms with van der Waals surface area (Å²) in [5.41, 5.74) is 4.85. The number of ether oxygens (including phenoxy) is 2. The van der Waals surface area contributed by atoms with Crippen molar-refractivity contribution >= 4 is 11.9 Å². The van der Waals surface area contributed by atoms with E-state index in [9.17, 15) is 19.8 Å². The quantitative estimate of drug-likeness (QED) is 0.216. The number of hydrogen-bond donors (Lipinski definition) is 2. The smallest absolute Gasteiger partial charge is 0.546 e. The Morgan fingerprint density at radius 3 is 2.08 bits per heavy atom. The molecule has 2 N–H and O–H groups in total. The van der Waals surface area contributed by atoms with Gasteiger partial charge in [0.05, 0.1) is 12.5 Å². The fourth-order valence-corrected chi connectivity index (χ4v) is 4.14. The molecule has 0 spiro atoms. The molecule has 1 atom stereocenters. The van der Waals surface area contributed by atoms with Crippen LogP contribution < -0.4 is 49.5 Å². The molecule has 4 rings (SSSR count). The molecule has 8 heteroatoms. The molecule has 4 aromatic rings. The van der Waals surface area contributed by atoms with Gasteiger partial charge in [0, 0.05) is 12.0 Å². The van der Waals surface area contributed by atoms with Crippen LogP contribution in [0.5, 0.6) is 17.2 Å². The molecular formula is C32H30NNaO6. The summed E-state index contributed by atoms with van der Waals surface area (Å²) in [5, 5.41) is 24.3. The maximum atomic E-state index is 12.5. The molecule has 200 valence electrons. The average molecular weight is 548 g/mol. The fraction of sp³-hybridized carbons (Fsp3) is 0.188. The Labute approximate surface area is 256 Å². The van der Waals surface area contributed by atoms with Crippen LogP contribution in [0.3, 0.4) is 0 Å². The topological polar surface area (TPSA) is 108 Å². The molecule has 0 aromatic heterocycles. The molecule has 7 nitrogen and oxygen atoms in total. The predicted octanol–water partition coefficient (Wildman–Crippen LogP) is 1.23.